The molecule has 2 heteroatoms. The Morgan fingerprint density at radius 3 is 2.27 bits per heavy atom. The Morgan fingerprint density at radius 1 is 1.18 bits per heavy atom. The van der Waals surface area contributed by atoms with Gasteiger partial charge in [0.05, 0.1) is 10.2 Å². The van der Waals surface area contributed by atoms with Gasteiger partial charge in [0.2, 0.25) is 0 Å². The molecule has 1 aromatic carbocycles. The van der Waals surface area contributed by atoms with Crippen LogP contribution >= 0.6 is 0 Å². The lowest BCUT2D eigenvalue weighted by Crippen LogP contribution is -2.09. The second kappa shape index (κ2) is 2.70. The summed E-state index contributed by atoms with van der Waals surface area (Å²) in [5.74, 6) is 0.407. The number of benzene rings is 1. The highest BCUT2D eigenvalue weighted by Gasteiger charge is 2.04. The molecule has 11 heavy (non-hydrogen) atoms. The first-order chi connectivity index (χ1) is 5.04. The van der Waals surface area contributed by atoms with Gasteiger partial charge in [-0.25, -0.2) is 0 Å². The van der Waals surface area contributed by atoms with Crippen molar-refractivity contribution in [2.45, 2.75) is 20.8 Å². The normalized spacial score (nSPS) is 10.2. The maximum absolute atomic E-state index is 9.49. The molecule has 3 radical (unpaired) electrons. The molecule has 0 atom stereocenters. The Balaban J connectivity index is 3.46. The molecular weight excluding hydrogens is 152 g/mol. The maximum Gasteiger partial charge on any atom is 0.121 e. The van der Waals surface area contributed by atoms with Gasteiger partial charge in [0.1, 0.15) is 5.75 Å². The summed E-state index contributed by atoms with van der Waals surface area (Å²) in [6.07, 6.45) is 0. The van der Waals surface area contributed by atoms with Crippen molar-refractivity contribution in [1.29, 1.82) is 0 Å². The van der Waals surface area contributed by atoms with Gasteiger partial charge in [-0.15, -0.1) is 0 Å². The minimum atomic E-state index is 0.407. The highest BCUT2D eigenvalue weighted by atomic mass is 28.1. The first-order valence-electron chi connectivity index (χ1n) is 3.55. The van der Waals surface area contributed by atoms with Crippen molar-refractivity contribution >= 4 is 15.4 Å². The number of aryl methyl sites for hydroxylation is 1. The molecule has 0 saturated heterocycles. The van der Waals surface area contributed by atoms with Crippen LogP contribution in [0, 0.1) is 20.8 Å². The van der Waals surface area contributed by atoms with E-state index in [0.717, 1.165) is 21.9 Å². The van der Waals surface area contributed by atoms with Crippen LogP contribution in [-0.2, 0) is 0 Å². The van der Waals surface area contributed by atoms with Crippen LogP contribution in [0.2, 0.25) is 0 Å². The summed E-state index contributed by atoms with van der Waals surface area (Å²) in [5.41, 5.74) is 2.97. The van der Waals surface area contributed by atoms with Crippen LogP contribution in [0.3, 0.4) is 0 Å². The fourth-order valence-electron chi connectivity index (χ4n) is 1.07. The Bertz CT molecular complexity index is 266. The van der Waals surface area contributed by atoms with Gasteiger partial charge in [-0.05, 0) is 37.5 Å². The molecule has 0 aliphatic heterocycles. The topological polar surface area (TPSA) is 20.2 Å². The van der Waals surface area contributed by atoms with Crippen molar-refractivity contribution in [3.05, 3.63) is 22.8 Å². The number of phenolic OH excluding ortho intramolecular Hbond substituents is 1. The summed E-state index contributed by atoms with van der Waals surface area (Å²) >= 11 is 0. The molecule has 57 valence electrons. The molecule has 0 aliphatic carbocycles. The Morgan fingerprint density at radius 2 is 1.73 bits per heavy atom. The number of rotatable bonds is 0. The molecule has 1 rings (SSSR count). The molecule has 0 heterocycles. The molecular formula is C9H11OSi. The Hall–Kier alpha value is -0.763. The number of hydrogen-bond acceptors (Lipinski definition) is 1. The van der Waals surface area contributed by atoms with Crippen molar-refractivity contribution in [2.75, 3.05) is 0 Å². The zero-order valence-corrected chi connectivity index (χ0v) is 8.02. The highest BCUT2D eigenvalue weighted by molar-refractivity contribution is 6.33. The monoisotopic (exact) mass is 163 g/mol. The predicted octanol–water partition coefficient (Wildman–Crippen LogP) is 1.11. The van der Waals surface area contributed by atoms with Crippen LogP contribution in [0.15, 0.2) is 6.07 Å². The van der Waals surface area contributed by atoms with E-state index in [1.807, 2.05) is 26.8 Å². The molecule has 1 nitrogen and oxygen atoms in total. The van der Waals surface area contributed by atoms with Crippen LogP contribution in [0.25, 0.3) is 0 Å². The van der Waals surface area contributed by atoms with Crippen LogP contribution < -0.4 is 5.19 Å². The Kier molecular flexibility index (Phi) is 2.05. The van der Waals surface area contributed by atoms with Gasteiger partial charge in [0.25, 0.3) is 0 Å². The lowest BCUT2D eigenvalue weighted by Gasteiger charge is -2.09. The molecule has 0 fully saturated rings. The Labute approximate surface area is 70.5 Å². The van der Waals surface area contributed by atoms with Crippen LogP contribution in [0.4, 0.5) is 0 Å². The van der Waals surface area contributed by atoms with Gasteiger partial charge in [-0.1, -0.05) is 11.3 Å². The van der Waals surface area contributed by atoms with Gasteiger partial charge in [-0.2, -0.15) is 0 Å². The third-order valence-electron chi connectivity index (χ3n) is 2.06. The van der Waals surface area contributed by atoms with E-state index < -0.39 is 0 Å². The minimum absolute atomic E-state index is 0.407. The molecule has 0 amide bonds. The van der Waals surface area contributed by atoms with Crippen molar-refractivity contribution < 1.29 is 5.11 Å². The van der Waals surface area contributed by atoms with E-state index in [0.29, 0.717) is 5.75 Å². The third kappa shape index (κ3) is 1.31. The summed E-state index contributed by atoms with van der Waals surface area (Å²) in [5, 5.41) is 10.5. The second-order valence-electron chi connectivity index (χ2n) is 2.84. The highest BCUT2D eigenvalue weighted by Crippen LogP contribution is 2.21. The van der Waals surface area contributed by atoms with Crippen LogP contribution in [0.1, 0.15) is 16.7 Å². The average Bonchev–Trinajstić information content (AvgIpc) is 1.97. The first-order valence-corrected chi connectivity index (χ1v) is 4.05. The van der Waals surface area contributed by atoms with Crippen molar-refractivity contribution in [3.8, 4) is 5.75 Å². The van der Waals surface area contributed by atoms with Gasteiger partial charge in [0, 0.05) is 0 Å². The molecule has 0 spiro atoms. The largest absolute Gasteiger partial charge is 0.507 e. The smallest absolute Gasteiger partial charge is 0.121 e. The SMILES string of the molecule is Cc1cc([Si])c(C)c(C)c1O. The van der Waals surface area contributed by atoms with E-state index in [-0.39, 0.29) is 0 Å². The van der Waals surface area contributed by atoms with Crippen LogP contribution in [-0.4, -0.2) is 15.3 Å². The van der Waals surface area contributed by atoms with E-state index >= 15 is 0 Å². The fraction of sp³-hybridized carbons (Fsp3) is 0.333. The van der Waals surface area contributed by atoms with Crippen molar-refractivity contribution in [1.82, 2.24) is 0 Å². The quantitative estimate of drug-likeness (QED) is 0.568. The minimum Gasteiger partial charge on any atom is -0.507 e. The number of aromatic hydroxyl groups is 1. The maximum atomic E-state index is 9.49. The second-order valence-corrected chi connectivity index (χ2v) is 3.38. The lowest BCUT2D eigenvalue weighted by molar-refractivity contribution is 0.466. The number of phenols is 1. The van der Waals surface area contributed by atoms with E-state index in [4.69, 9.17) is 0 Å². The molecule has 0 unspecified atom stereocenters. The van der Waals surface area contributed by atoms with E-state index in [1.165, 1.54) is 0 Å². The molecule has 0 saturated carbocycles. The summed E-state index contributed by atoms with van der Waals surface area (Å²) in [7, 11) is 3.47. The molecule has 1 aromatic rings. The van der Waals surface area contributed by atoms with Gasteiger partial charge in [0.15, 0.2) is 0 Å². The zero-order valence-electron chi connectivity index (χ0n) is 7.02. The first kappa shape index (κ1) is 8.33. The molecule has 0 aliphatic rings. The standard InChI is InChI=1S/C9H11OSi/c1-5-4-8(11)6(2)7(3)9(5)10/h4,10H,1-3H3. The number of hydrogen-bond donors (Lipinski definition) is 1. The van der Waals surface area contributed by atoms with E-state index in [2.05, 4.69) is 10.2 Å². The van der Waals surface area contributed by atoms with Gasteiger partial charge < -0.3 is 5.11 Å². The third-order valence-corrected chi connectivity index (χ3v) is 2.58. The molecule has 0 bridgehead atoms. The lowest BCUT2D eigenvalue weighted by atomic mass is 10.1. The average molecular weight is 163 g/mol. The fourth-order valence-corrected chi connectivity index (χ4v) is 1.47. The summed E-state index contributed by atoms with van der Waals surface area (Å²) in [4.78, 5) is 0. The zero-order chi connectivity index (χ0) is 8.59. The summed E-state index contributed by atoms with van der Waals surface area (Å²) in [6, 6.07) is 1.93. The van der Waals surface area contributed by atoms with Gasteiger partial charge >= 0.3 is 0 Å². The van der Waals surface area contributed by atoms with E-state index in [9.17, 15) is 5.11 Å². The predicted molar refractivity (Wildman–Crippen MR) is 47.7 cm³/mol. The van der Waals surface area contributed by atoms with Crippen molar-refractivity contribution in [3.63, 3.8) is 0 Å². The van der Waals surface area contributed by atoms with E-state index in [1.54, 1.807) is 0 Å². The summed E-state index contributed by atoms with van der Waals surface area (Å²) in [6.45, 7) is 5.80. The molecule has 0 aromatic heterocycles. The van der Waals surface area contributed by atoms with Crippen LogP contribution in [0.5, 0.6) is 5.75 Å². The van der Waals surface area contributed by atoms with Crippen molar-refractivity contribution in [2.24, 2.45) is 0 Å². The summed E-state index contributed by atoms with van der Waals surface area (Å²) < 4.78 is 0. The van der Waals surface area contributed by atoms with Gasteiger partial charge in [-0.3, -0.25) is 0 Å². The molecule has 1 N–H and O–H groups in total.